The third-order valence-corrected chi connectivity index (χ3v) is 5.23. The molecule has 2 aromatic carbocycles. The van der Waals surface area contributed by atoms with Gasteiger partial charge in [0, 0.05) is 44.3 Å². The fourth-order valence-electron chi connectivity index (χ4n) is 3.56. The van der Waals surface area contributed by atoms with E-state index in [-0.39, 0.29) is 0 Å². The summed E-state index contributed by atoms with van der Waals surface area (Å²) in [6.07, 6.45) is 2.13. The van der Waals surface area contributed by atoms with E-state index in [4.69, 9.17) is 9.47 Å². The van der Waals surface area contributed by atoms with Crippen LogP contribution in [0, 0.1) is 11.6 Å². The van der Waals surface area contributed by atoms with Crippen molar-refractivity contribution in [2.45, 2.75) is 25.9 Å². The molecule has 31 heavy (non-hydrogen) atoms. The van der Waals surface area contributed by atoms with Crippen molar-refractivity contribution in [3.63, 3.8) is 0 Å². The Balaban J connectivity index is 1.44. The Bertz CT molecular complexity index is 914. The zero-order valence-corrected chi connectivity index (χ0v) is 17.5. The van der Waals surface area contributed by atoms with Gasteiger partial charge in [0.05, 0.1) is 0 Å². The smallest absolute Gasteiger partial charge is 0.333 e. The van der Waals surface area contributed by atoms with Crippen molar-refractivity contribution in [2.24, 2.45) is 0 Å². The van der Waals surface area contributed by atoms with Gasteiger partial charge in [-0.1, -0.05) is 18.2 Å². The molecule has 1 atom stereocenters. The van der Waals surface area contributed by atoms with Crippen LogP contribution in [0.4, 0.5) is 8.78 Å². The van der Waals surface area contributed by atoms with Gasteiger partial charge in [0.25, 0.3) is 0 Å². The molecule has 0 radical (unpaired) electrons. The number of carbonyl (C=O) groups is 1. The summed E-state index contributed by atoms with van der Waals surface area (Å²) < 4.78 is 38.1. The van der Waals surface area contributed by atoms with E-state index in [1.807, 2.05) is 30.3 Å². The zero-order chi connectivity index (χ0) is 22.2. The molecule has 0 saturated carbocycles. The highest BCUT2D eigenvalue weighted by molar-refractivity contribution is 5.72. The van der Waals surface area contributed by atoms with Crippen LogP contribution in [0.5, 0.6) is 5.75 Å². The molecule has 166 valence electrons. The minimum absolute atomic E-state index is 0.306. The van der Waals surface area contributed by atoms with Crippen LogP contribution in [-0.2, 0) is 16.0 Å². The van der Waals surface area contributed by atoms with Gasteiger partial charge in [0.15, 0.2) is 6.10 Å². The lowest BCUT2D eigenvalue weighted by molar-refractivity contribution is -0.149. The van der Waals surface area contributed by atoms with Gasteiger partial charge in [-0.05, 0) is 48.7 Å². The predicted molar refractivity (Wildman–Crippen MR) is 114 cm³/mol. The number of halogens is 2. The number of aliphatic carboxylic acids is 1. The summed E-state index contributed by atoms with van der Waals surface area (Å²) in [6.45, 7) is 4.81. The lowest BCUT2D eigenvalue weighted by Crippen LogP contribution is -2.32. The number of rotatable bonds is 10. The van der Waals surface area contributed by atoms with Crippen LogP contribution in [0.3, 0.4) is 0 Å². The van der Waals surface area contributed by atoms with Gasteiger partial charge in [-0.2, -0.15) is 0 Å². The highest BCUT2D eigenvalue weighted by Crippen LogP contribution is 2.25. The Morgan fingerprint density at radius 3 is 2.58 bits per heavy atom. The average Bonchev–Trinajstić information content (AvgIpc) is 2.75. The highest BCUT2D eigenvalue weighted by atomic mass is 19.1. The molecule has 1 aliphatic rings. The standard InChI is InChI=1S/C24H27F2NO4/c1-2-30-23(24(28)29)15-17-3-6-20(7-4-17)31-14-13-27-11-9-18(10-12-27)21-8-5-19(25)16-22(21)26/h3-9,16,23H,2,10-15H2,1H3,(H,28,29). The van der Waals surface area contributed by atoms with E-state index in [2.05, 4.69) is 4.90 Å². The average molecular weight is 431 g/mol. The second kappa shape index (κ2) is 11.0. The Morgan fingerprint density at radius 2 is 1.97 bits per heavy atom. The molecular weight excluding hydrogens is 404 g/mol. The van der Waals surface area contributed by atoms with Gasteiger partial charge in [0.2, 0.25) is 0 Å². The lowest BCUT2D eigenvalue weighted by atomic mass is 9.99. The van der Waals surface area contributed by atoms with Crippen molar-refractivity contribution in [3.05, 3.63) is 71.3 Å². The maximum absolute atomic E-state index is 13.9. The van der Waals surface area contributed by atoms with E-state index >= 15 is 0 Å². The normalized spacial score (nSPS) is 15.4. The Labute approximate surface area is 180 Å². The van der Waals surface area contributed by atoms with Crippen LogP contribution in [0.25, 0.3) is 5.57 Å². The van der Waals surface area contributed by atoms with E-state index in [9.17, 15) is 18.7 Å². The van der Waals surface area contributed by atoms with Gasteiger partial charge in [-0.15, -0.1) is 0 Å². The third kappa shape index (κ3) is 6.60. The molecule has 0 spiro atoms. The van der Waals surface area contributed by atoms with E-state index in [1.54, 1.807) is 6.92 Å². The fourth-order valence-corrected chi connectivity index (χ4v) is 3.56. The zero-order valence-electron chi connectivity index (χ0n) is 17.5. The van der Waals surface area contributed by atoms with E-state index in [0.717, 1.165) is 30.3 Å². The molecule has 5 nitrogen and oxygen atoms in total. The molecule has 1 heterocycles. The van der Waals surface area contributed by atoms with Crippen LogP contribution in [0.1, 0.15) is 24.5 Å². The van der Waals surface area contributed by atoms with Gasteiger partial charge in [-0.25, -0.2) is 13.6 Å². The van der Waals surface area contributed by atoms with Crippen LogP contribution < -0.4 is 4.74 Å². The van der Waals surface area contributed by atoms with Crippen LogP contribution in [0.15, 0.2) is 48.5 Å². The Hall–Kier alpha value is -2.77. The SMILES string of the molecule is CCOC(Cc1ccc(OCCN2CC=C(c3ccc(F)cc3F)CC2)cc1)C(=O)O. The molecule has 2 aromatic rings. The van der Waals surface area contributed by atoms with Crippen LogP contribution in [-0.4, -0.2) is 54.9 Å². The first-order valence-corrected chi connectivity index (χ1v) is 10.4. The molecular formula is C24H27F2NO4. The summed E-state index contributed by atoms with van der Waals surface area (Å²) in [5.74, 6) is -1.35. The number of hydrogen-bond donors (Lipinski definition) is 1. The quantitative estimate of drug-likeness (QED) is 0.612. The molecule has 1 unspecified atom stereocenters. The first kappa shape index (κ1) is 22.9. The van der Waals surface area contributed by atoms with Crippen molar-refractivity contribution in [1.82, 2.24) is 4.90 Å². The second-order valence-electron chi connectivity index (χ2n) is 7.38. The first-order valence-electron chi connectivity index (χ1n) is 10.4. The lowest BCUT2D eigenvalue weighted by Gasteiger charge is -2.26. The van der Waals surface area contributed by atoms with E-state index < -0.39 is 23.7 Å². The molecule has 0 aromatic heterocycles. The van der Waals surface area contributed by atoms with Gasteiger partial charge >= 0.3 is 5.97 Å². The number of carboxylic acids is 1. The third-order valence-electron chi connectivity index (χ3n) is 5.23. The largest absolute Gasteiger partial charge is 0.492 e. The van der Waals surface area contributed by atoms with E-state index in [0.29, 0.717) is 43.9 Å². The fraction of sp³-hybridized carbons (Fsp3) is 0.375. The van der Waals surface area contributed by atoms with Gasteiger partial charge in [0.1, 0.15) is 24.0 Å². The summed E-state index contributed by atoms with van der Waals surface area (Å²) in [7, 11) is 0. The molecule has 0 fully saturated rings. The maximum Gasteiger partial charge on any atom is 0.333 e. The van der Waals surface area contributed by atoms with Crippen molar-refractivity contribution in [2.75, 3.05) is 32.8 Å². The second-order valence-corrected chi connectivity index (χ2v) is 7.38. The minimum Gasteiger partial charge on any atom is -0.492 e. The summed E-state index contributed by atoms with van der Waals surface area (Å²) in [6, 6.07) is 11.0. The van der Waals surface area contributed by atoms with Gasteiger partial charge in [-0.3, -0.25) is 4.90 Å². The molecule has 0 aliphatic carbocycles. The molecule has 0 saturated heterocycles. The van der Waals surface area contributed by atoms with Gasteiger partial charge < -0.3 is 14.6 Å². The maximum atomic E-state index is 13.9. The molecule has 1 aliphatic heterocycles. The van der Waals surface area contributed by atoms with Crippen molar-refractivity contribution >= 4 is 11.5 Å². The predicted octanol–water partition coefficient (Wildman–Crippen LogP) is 4.17. The van der Waals surface area contributed by atoms with Crippen molar-refractivity contribution < 1.29 is 28.2 Å². The number of carboxylic acid groups (broad SMARTS) is 1. The highest BCUT2D eigenvalue weighted by Gasteiger charge is 2.18. The molecule has 0 bridgehead atoms. The van der Waals surface area contributed by atoms with Crippen molar-refractivity contribution in [1.29, 1.82) is 0 Å². The number of nitrogens with zero attached hydrogens (tertiary/aromatic N) is 1. The monoisotopic (exact) mass is 431 g/mol. The molecule has 1 N–H and O–H groups in total. The first-order chi connectivity index (χ1) is 15.0. The number of benzene rings is 2. The van der Waals surface area contributed by atoms with Crippen molar-refractivity contribution in [3.8, 4) is 5.75 Å². The Kier molecular flexibility index (Phi) is 8.14. The molecule has 0 amide bonds. The Morgan fingerprint density at radius 1 is 1.19 bits per heavy atom. The minimum atomic E-state index is -0.969. The summed E-state index contributed by atoms with van der Waals surface area (Å²) in [5.41, 5.74) is 2.23. The molecule has 7 heteroatoms. The van der Waals surface area contributed by atoms with E-state index in [1.165, 1.54) is 12.1 Å². The summed E-state index contributed by atoms with van der Waals surface area (Å²) in [4.78, 5) is 13.4. The topological polar surface area (TPSA) is 59.0 Å². The number of ether oxygens (including phenoxy) is 2. The molecule has 3 rings (SSSR count). The number of hydrogen-bond acceptors (Lipinski definition) is 4. The summed E-state index contributed by atoms with van der Waals surface area (Å²) in [5, 5.41) is 9.17. The summed E-state index contributed by atoms with van der Waals surface area (Å²) >= 11 is 0. The van der Waals surface area contributed by atoms with Crippen LogP contribution >= 0.6 is 0 Å². The van der Waals surface area contributed by atoms with Crippen LogP contribution in [0.2, 0.25) is 0 Å².